The zero-order chi connectivity index (χ0) is 27.6. The van der Waals surface area contributed by atoms with Gasteiger partial charge >= 0.3 is 0 Å². The summed E-state index contributed by atoms with van der Waals surface area (Å²) in [4.78, 5) is 0.397. The molecular formula is C33H45NO2SSi2. The third-order valence-corrected chi connectivity index (χ3v) is 20.3. The first-order valence-corrected chi connectivity index (χ1v) is 22.9. The van der Waals surface area contributed by atoms with Crippen molar-refractivity contribution in [2.45, 2.75) is 126 Å². The van der Waals surface area contributed by atoms with Crippen LogP contribution >= 0.6 is 0 Å². The Labute approximate surface area is 238 Å². The van der Waals surface area contributed by atoms with E-state index in [-0.39, 0.29) is 0 Å². The average Bonchev–Trinajstić information content (AvgIpc) is 3.46. The Morgan fingerprint density at radius 3 is 2.31 bits per heavy atom. The summed E-state index contributed by atoms with van der Waals surface area (Å²) in [6.45, 7) is 13.0. The smallest absolute Gasteiger partial charge is 0.207 e. The molecular weight excluding hydrogens is 531 g/mol. The fourth-order valence-electron chi connectivity index (χ4n) is 8.40. The van der Waals surface area contributed by atoms with E-state index in [0.717, 1.165) is 16.6 Å². The molecule has 0 aromatic heterocycles. The Morgan fingerprint density at radius 2 is 1.59 bits per heavy atom. The van der Waals surface area contributed by atoms with E-state index in [1.54, 1.807) is 27.2 Å². The van der Waals surface area contributed by atoms with E-state index < -0.39 is 26.2 Å². The summed E-state index contributed by atoms with van der Waals surface area (Å²) in [5, 5.41) is 1.59. The monoisotopic (exact) mass is 575 g/mol. The van der Waals surface area contributed by atoms with Gasteiger partial charge in [-0.15, -0.1) is 5.54 Å². The van der Waals surface area contributed by atoms with Gasteiger partial charge in [-0.1, -0.05) is 107 Å². The maximum Gasteiger partial charge on any atom is 0.243 e. The van der Waals surface area contributed by atoms with Crippen molar-refractivity contribution in [2.75, 3.05) is 0 Å². The van der Waals surface area contributed by atoms with Crippen LogP contribution in [-0.2, 0) is 23.1 Å². The van der Waals surface area contributed by atoms with E-state index in [4.69, 9.17) is 0 Å². The van der Waals surface area contributed by atoms with Crippen LogP contribution in [-0.4, -0.2) is 28.9 Å². The van der Waals surface area contributed by atoms with E-state index in [2.05, 4.69) is 43.7 Å². The summed E-state index contributed by atoms with van der Waals surface area (Å²) in [5.41, 5.74) is 11.9. The van der Waals surface area contributed by atoms with Crippen molar-refractivity contribution in [1.82, 2.24) is 4.31 Å². The van der Waals surface area contributed by atoms with Crippen LogP contribution in [0.25, 0.3) is 0 Å². The van der Waals surface area contributed by atoms with Crippen molar-refractivity contribution < 1.29 is 8.42 Å². The molecule has 2 heterocycles. The zero-order valence-electron chi connectivity index (χ0n) is 24.6. The minimum Gasteiger partial charge on any atom is -0.207 e. The van der Waals surface area contributed by atoms with Crippen LogP contribution in [0, 0.1) is 18.4 Å². The summed E-state index contributed by atoms with van der Waals surface area (Å²) >= 11 is 0. The summed E-state index contributed by atoms with van der Waals surface area (Å²) in [6, 6.07) is 9.76. The highest BCUT2D eigenvalue weighted by molar-refractivity contribution is 7.89. The molecule has 208 valence electrons. The molecule has 0 N–H and O–H groups in total. The maximum absolute atomic E-state index is 13.8. The molecule has 2 aliphatic heterocycles. The van der Waals surface area contributed by atoms with E-state index in [1.165, 1.54) is 74.5 Å². The third kappa shape index (κ3) is 4.72. The highest BCUT2D eigenvalue weighted by atomic mass is 32.2. The topological polar surface area (TPSA) is 37.4 Å². The second kappa shape index (κ2) is 10.0. The second-order valence-corrected chi connectivity index (χ2v) is 25.1. The Morgan fingerprint density at radius 1 is 0.923 bits per heavy atom. The lowest BCUT2D eigenvalue weighted by molar-refractivity contribution is 0.430. The van der Waals surface area contributed by atoms with Crippen LogP contribution in [0.2, 0.25) is 37.3 Å². The Balaban J connectivity index is 1.46. The molecule has 39 heavy (non-hydrogen) atoms. The molecule has 6 heteroatoms. The predicted molar refractivity (Wildman–Crippen MR) is 167 cm³/mol. The summed E-state index contributed by atoms with van der Waals surface area (Å²) < 4.78 is 29.2. The van der Waals surface area contributed by atoms with Gasteiger partial charge < -0.3 is 0 Å². The number of hydrogen-bond donors (Lipinski definition) is 0. The van der Waals surface area contributed by atoms with Crippen molar-refractivity contribution >= 4 is 31.4 Å². The van der Waals surface area contributed by atoms with Crippen molar-refractivity contribution in [3.8, 4) is 11.5 Å². The van der Waals surface area contributed by atoms with Crippen molar-refractivity contribution in [1.29, 1.82) is 0 Å². The number of benzene rings is 2. The van der Waals surface area contributed by atoms with Gasteiger partial charge in [-0.05, 0) is 64.4 Å². The second-order valence-electron chi connectivity index (χ2n) is 14.0. The number of fused-ring (bicyclic) bond motifs is 4. The third-order valence-electron chi connectivity index (χ3n) is 10.8. The fourth-order valence-corrected chi connectivity index (χ4v) is 16.8. The number of rotatable bonds is 3. The molecule has 0 spiro atoms. The molecule has 2 aromatic rings. The molecule has 0 bridgehead atoms. The number of nitrogens with zero attached hydrogens (tertiary/aromatic N) is 1. The van der Waals surface area contributed by atoms with Crippen molar-refractivity contribution in [2.24, 2.45) is 0 Å². The highest BCUT2D eigenvalue weighted by Crippen LogP contribution is 2.53. The lowest BCUT2D eigenvalue weighted by Crippen LogP contribution is -2.44. The van der Waals surface area contributed by atoms with Gasteiger partial charge in [-0.25, -0.2) is 8.42 Å². The molecule has 2 aliphatic carbocycles. The molecule has 6 rings (SSSR count). The summed E-state index contributed by atoms with van der Waals surface area (Å²) in [5.74, 6) is 4.54. The van der Waals surface area contributed by atoms with Gasteiger partial charge in [-0.2, -0.15) is 4.31 Å². The van der Waals surface area contributed by atoms with Gasteiger partial charge in [0.25, 0.3) is 0 Å². The van der Waals surface area contributed by atoms with Gasteiger partial charge in [0.15, 0.2) is 0 Å². The fraction of sp³-hybridized carbons (Fsp3) is 0.576. The molecule has 4 aliphatic rings. The van der Waals surface area contributed by atoms with E-state index in [9.17, 15) is 8.42 Å². The van der Waals surface area contributed by atoms with Crippen LogP contribution in [0.5, 0.6) is 0 Å². The Bertz CT molecular complexity index is 1440. The van der Waals surface area contributed by atoms with E-state index in [0.29, 0.717) is 23.9 Å². The molecule has 2 atom stereocenters. The highest BCUT2D eigenvalue weighted by Gasteiger charge is 2.51. The van der Waals surface area contributed by atoms with Crippen molar-refractivity contribution in [3.05, 3.63) is 58.1 Å². The molecule has 0 radical (unpaired) electrons. The first-order chi connectivity index (χ1) is 18.5. The molecule has 0 saturated heterocycles. The molecule has 3 nitrogen and oxygen atoms in total. The average molecular weight is 576 g/mol. The molecule has 0 amide bonds. The lowest BCUT2D eigenvalue weighted by Gasteiger charge is -2.33. The largest absolute Gasteiger partial charge is 0.243 e. The van der Waals surface area contributed by atoms with E-state index in [1.807, 2.05) is 19.1 Å². The van der Waals surface area contributed by atoms with Gasteiger partial charge in [0.1, 0.15) is 8.07 Å². The van der Waals surface area contributed by atoms with Crippen LogP contribution in [0.4, 0.5) is 0 Å². The maximum atomic E-state index is 13.8. The number of aryl methyl sites for hydroxylation is 1. The van der Waals surface area contributed by atoms with Crippen LogP contribution in [0.1, 0.15) is 91.5 Å². The minimum atomic E-state index is -3.56. The normalized spacial score (nSPS) is 24.9. The minimum absolute atomic E-state index is 0.397. The SMILES string of the molecule is Cc1ccc(S(=O)(=O)N2Cc3cc4c(c(C#C[Si](C)(C)C5CCCCC5)c3C2)[Si](C)(C)C2CCCCC42)cc1. The first kappa shape index (κ1) is 27.5. The Kier molecular flexibility index (Phi) is 7.06. The van der Waals surface area contributed by atoms with Crippen LogP contribution < -0.4 is 5.19 Å². The zero-order valence-corrected chi connectivity index (χ0v) is 27.4. The first-order valence-electron chi connectivity index (χ1n) is 15.3. The van der Waals surface area contributed by atoms with Crippen molar-refractivity contribution in [3.63, 3.8) is 0 Å². The molecule has 2 unspecified atom stereocenters. The van der Waals surface area contributed by atoms with E-state index >= 15 is 0 Å². The Hall–Kier alpha value is -1.66. The van der Waals surface area contributed by atoms with Crippen LogP contribution in [0.15, 0.2) is 35.2 Å². The van der Waals surface area contributed by atoms with Gasteiger partial charge in [0.05, 0.1) is 13.0 Å². The van der Waals surface area contributed by atoms with Crippen LogP contribution in [0.3, 0.4) is 0 Å². The predicted octanol–water partition coefficient (Wildman–Crippen LogP) is 7.59. The van der Waals surface area contributed by atoms with Gasteiger partial charge in [-0.3, -0.25) is 0 Å². The van der Waals surface area contributed by atoms with Gasteiger partial charge in [0, 0.05) is 18.7 Å². The number of sulfonamides is 1. The molecule has 2 fully saturated rings. The summed E-state index contributed by atoms with van der Waals surface area (Å²) in [7, 11) is -7.03. The quantitative estimate of drug-likeness (QED) is 0.279. The molecule has 2 aromatic carbocycles. The van der Waals surface area contributed by atoms with Gasteiger partial charge in [0.2, 0.25) is 10.0 Å². The number of hydrogen-bond acceptors (Lipinski definition) is 2. The lowest BCUT2D eigenvalue weighted by atomic mass is 9.82. The standard InChI is InChI=1S/C33H45NO2SSi2/c1-24-15-17-26(18-16-24)37(35,36)34-22-25-21-30-28-13-9-10-14-32(28)39(4,5)33(30)29(31(25)23-34)19-20-38(2,3)27-11-7-6-8-12-27/h15-18,21,27-28,32H,6-14,22-23H2,1-5H3. The molecule has 2 saturated carbocycles. The summed E-state index contributed by atoms with van der Waals surface area (Å²) in [6.07, 6.45) is 12.1.